The quantitative estimate of drug-likeness (QED) is 0.400. The number of amides is 2. The molecule has 0 saturated carbocycles. The lowest BCUT2D eigenvalue weighted by atomic mass is 9.96. The molecule has 2 rings (SSSR count). The molecule has 1 saturated heterocycles. The van der Waals surface area contributed by atoms with Crippen molar-refractivity contribution in [3.8, 4) is 0 Å². The average molecular weight is 291 g/mol. The SMILES string of the molecule is CNC(=O)C1CCN(Cc2cccc(C(=O)NN)n2)CC1. The maximum atomic E-state index is 11.6. The lowest BCUT2D eigenvalue weighted by molar-refractivity contribution is -0.125. The first-order valence-corrected chi connectivity index (χ1v) is 7.05. The Morgan fingerprint density at radius 1 is 1.38 bits per heavy atom. The third-order valence-electron chi connectivity index (χ3n) is 3.76. The van der Waals surface area contributed by atoms with Crippen LogP contribution in [-0.4, -0.2) is 41.8 Å². The minimum atomic E-state index is -0.393. The summed E-state index contributed by atoms with van der Waals surface area (Å²) in [7, 11) is 1.67. The molecule has 1 fully saturated rings. The van der Waals surface area contributed by atoms with Crippen LogP contribution >= 0.6 is 0 Å². The van der Waals surface area contributed by atoms with Crippen LogP contribution in [0.5, 0.6) is 0 Å². The Bertz CT molecular complexity index is 512. The summed E-state index contributed by atoms with van der Waals surface area (Å²) in [5.41, 5.74) is 3.22. The molecule has 7 nitrogen and oxygen atoms in total. The van der Waals surface area contributed by atoms with Crippen molar-refractivity contribution in [3.63, 3.8) is 0 Å². The van der Waals surface area contributed by atoms with E-state index in [0.717, 1.165) is 31.6 Å². The Morgan fingerprint density at radius 3 is 2.71 bits per heavy atom. The Morgan fingerprint density at radius 2 is 2.10 bits per heavy atom. The van der Waals surface area contributed by atoms with Crippen LogP contribution in [0.15, 0.2) is 18.2 Å². The Labute approximate surface area is 123 Å². The van der Waals surface area contributed by atoms with Crippen molar-refractivity contribution in [2.45, 2.75) is 19.4 Å². The predicted molar refractivity (Wildman–Crippen MR) is 78.0 cm³/mol. The Hall–Kier alpha value is -1.99. The molecular formula is C14H21N5O2. The molecule has 0 aromatic carbocycles. The molecule has 1 aliphatic rings. The monoisotopic (exact) mass is 291 g/mol. The maximum absolute atomic E-state index is 11.6. The minimum Gasteiger partial charge on any atom is -0.359 e. The van der Waals surface area contributed by atoms with Gasteiger partial charge in [0.15, 0.2) is 0 Å². The summed E-state index contributed by atoms with van der Waals surface area (Å²) in [5.74, 6) is 4.94. The van der Waals surface area contributed by atoms with E-state index in [4.69, 9.17) is 5.84 Å². The van der Waals surface area contributed by atoms with E-state index in [1.54, 1.807) is 19.2 Å². The van der Waals surface area contributed by atoms with Gasteiger partial charge >= 0.3 is 0 Å². The summed E-state index contributed by atoms with van der Waals surface area (Å²) < 4.78 is 0. The van der Waals surface area contributed by atoms with Gasteiger partial charge in [0.2, 0.25) is 5.91 Å². The van der Waals surface area contributed by atoms with E-state index >= 15 is 0 Å². The van der Waals surface area contributed by atoms with E-state index in [9.17, 15) is 9.59 Å². The van der Waals surface area contributed by atoms with Crippen molar-refractivity contribution in [1.82, 2.24) is 20.6 Å². The first-order chi connectivity index (χ1) is 10.1. The third kappa shape index (κ3) is 3.99. The summed E-state index contributed by atoms with van der Waals surface area (Å²) in [6.45, 7) is 2.38. The molecule has 0 spiro atoms. The van der Waals surface area contributed by atoms with Crippen LogP contribution in [-0.2, 0) is 11.3 Å². The van der Waals surface area contributed by atoms with Gasteiger partial charge in [-0.3, -0.25) is 19.9 Å². The number of likely N-dealkylation sites (tertiary alicyclic amines) is 1. The van der Waals surface area contributed by atoms with Gasteiger partial charge in [0.25, 0.3) is 5.91 Å². The Kier molecular flexibility index (Phi) is 5.24. The molecule has 114 valence electrons. The minimum absolute atomic E-state index is 0.105. The van der Waals surface area contributed by atoms with Crippen molar-refractivity contribution < 1.29 is 9.59 Å². The molecule has 4 N–H and O–H groups in total. The topological polar surface area (TPSA) is 100 Å². The molecule has 2 amide bonds. The van der Waals surface area contributed by atoms with Crippen LogP contribution in [0.2, 0.25) is 0 Å². The molecule has 0 aliphatic carbocycles. The number of piperidine rings is 1. The highest BCUT2D eigenvalue weighted by Gasteiger charge is 2.24. The van der Waals surface area contributed by atoms with Gasteiger partial charge in [0.1, 0.15) is 5.69 Å². The summed E-state index contributed by atoms with van der Waals surface area (Å²) >= 11 is 0. The van der Waals surface area contributed by atoms with Gasteiger partial charge in [-0.1, -0.05) is 6.07 Å². The van der Waals surface area contributed by atoms with Gasteiger partial charge in [-0.25, -0.2) is 10.8 Å². The highest BCUT2D eigenvalue weighted by molar-refractivity contribution is 5.91. The smallest absolute Gasteiger partial charge is 0.283 e. The number of carbonyl (C=O) groups is 2. The van der Waals surface area contributed by atoms with Crippen molar-refractivity contribution in [3.05, 3.63) is 29.6 Å². The molecule has 1 aromatic heterocycles. The van der Waals surface area contributed by atoms with Crippen LogP contribution in [0, 0.1) is 5.92 Å². The number of nitrogens with one attached hydrogen (secondary N) is 2. The summed E-state index contributed by atoms with van der Waals surface area (Å²) in [6, 6.07) is 5.31. The number of pyridine rings is 1. The van der Waals surface area contributed by atoms with Crippen LogP contribution in [0.1, 0.15) is 29.0 Å². The van der Waals surface area contributed by atoms with Crippen LogP contribution in [0.25, 0.3) is 0 Å². The number of nitrogens with two attached hydrogens (primary N) is 1. The zero-order valence-corrected chi connectivity index (χ0v) is 12.1. The number of nitrogens with zero attached hydrogens (tertiary/aromatic N) is 2. The molecule has 2 heterocycles. The number of nitrogen functional groups attached to an aromatic ring is 1. The lowest BCUT2D eigenvalue weighted by Gasteiger charge is -2.30. The first-order valence-electron chi connectivity index (χ1n) is 7.05. The van der Waals surface area contributed by atoms with Crippen LogP contribution < -0.4 is 16.6 Å². The second-order valence-electron chi connectivity index (χ2n) is 5.15. The molecule has 0 unspecified atom stereocenters. The van der Waals surface area contributed by atoms with Crippen molar-refractivity contribution in [1.29, 1.82) is 0 Å². The Balaban J connectivity index is 1.92. The normalized spacial score (nSPS) is 16.5. The highest BCUT2D eigenvalue weighted by atomic mass is 16.2. The molecular weight excluding hydrogens is 270 g/mol. The van der Waals surface area contributed by atoms with Gasteiger partial charge in [0.05, 0.1) is 5.69 Å². The summed E-state index contributed by atoms with van der Waals surface area (Å²) in [4.78, 5) is 29.6. The van der Waals surface area contributed by atoms with Crippen molar-refractivity contribution in [2.75, 3.05) is 20.1 Å². The van der Waals surface area contributed by atoms with E-state index < -0.39 is 5.91 Å². The standard InChI is InChI=1S/C14H21N5O2/c1-16-13(20)10-5-7-19(8-6-10)9-11-3-2-4-12(17-11)14(21)18-15/h2-4,10H,5-9,15H2,1H3,(H,16,20)(H,18,21). The predicted octanol–water partition coefficient (Wildman–Crippen LogP) is -0.357. The van der Waals surface area contributed by atoms with Crippen molar-refractivity contribution >= 4 is 11.8 Å². The largest absolute Gasteiger partial charge is 0.359 e. The number of aromatic nitrogens is 1. The molecule has 0 radical (unpaired) electrons. The number of hydrogen-bond donors (Lipinski definition) is 3. The second-order valence-corrected chi connectivity index (χ2v) is 5.15. The number of rotatable bonds is 4. The first kappa shape index (κ1) is 15.4. The fourth-order valence-electron chi connectivity index (χ4n) is 2.55. The fourth-order valence-corrected chi connectivity index (χ4v) is 2.55. The van der Waals surface area contributed by atoms with E-state index in [2.05, 4.69) is 20.6 Å². The van der Waals surface area contributed by atoms with Gasteiger partial charge in [-0.05, 0) is 38.1 Å². The van der Waals surface area contributed by atoms with Gasteiger partial charge in [-0.2, -0.15) is 0 Å². The number of hydrazine groups is 1. The maximum Gasteiger partial charge on any atom is 0.283 e. The van der Waals surface area contributed by atoms with Gasteiger partial charge in [-0.15, -0.1) is 0 Å². The number of hydrogen-bond acceptors (Lipinski definition) is 5. The molecule has 21 heavy (non-hydrogen) atoms. The van der Waals surface area contributed by atoms with E-state index in [-0.39, 0.29) is 11.8 Å². The third-order valence-corrected chi connectivity index (χ3v) is 3.76. The van der Waals surface area contributed by atoms with Crippen LogP contribution in [0.3, 0.4) is 0 Å². The zero-order valence-electron chi connectivity index (χ0n) is 12.1. The molecule has 7 heteroatoms. The molecule has 0 bridgehead atoms. The number of carbonyl (C=O) groups excluding carboxylic acids is 2. The lowest BCUT2D eigenvalue weighted by Crippen LogP contribution is -2.39. The van der Waals surface area contributed by atoms with Gasteiger partial charge < -0.3 is 5.32 Å². The summed E-state index contributed by atoms with van der Waals surface area (Å²) in [6.07, 6.45) is 1.70. The van der Waals surface area contributed by atoms with Crippen molar-refractivity contribution in [2.24, 2.45) is 11.8 Å². The highest BCUT2D eigenvalue weighted by Crippen LogP contribution is 2.18. The second kappa shape index (κ2) is 7.14. The molecule has 1 aliphatic heterocycles. The fraction of sp³-hybridized carbons (Fsp3) is 0.500. The van der Waals surface area contributed by atoms with Crippen LogP contribution in [0.4, 0.5) is 0 Å². The molecule has 0 atom stereocenters. The summed E-state index contributed by atoms with van der Waals surface area (Å²) in [5, 5.41) is 2.70. The zero-order chi connectivity index (χ0) is 15.2. The van der Waals surface area contributed by atoms with E-state index in [1.807, 2.05) is 6.07 Å². The average Bonchev–Trinajstić information content (AvgIpc) is 2.54. The van der Waals surface area contributed by atoms with E-state index in [1.165, 1.54) is 0 Å². The van der Waals surface area contributed by atoms with Gasteiger partial charge in [0, 0.05) is 19.5 Å². The molecule has 1 aromatic rings. The van der Waals surface area contributed by atoms with E-state index in [0.29, 0.717) is 12.2 Å².